The first-order valence-electron chi connectivity index (χ1n) is 15.8. The molecule has 0 aromatic carbocycles. The second kappa shape index (κ2) is 13.0. The molecule has 0 aliphatic heterocycles. The quantitative estimate of drug-likeness (QED) is 0.205. The van der Waals surface area contributed by atoms with Crippen molar-refractivity contribution in [2.75, 3.05) is 26.4 Å². The Balaban J connectivity index is 1.27. The summed E-state index contributed by atoms with van der Waals surface area (Å²) in [5.74, 6) is 3.27. The minimum absolute atomic E-state index is 0.0204. The van der Waals surface area contributed by atoms with E-state index in [2.05, 4.69) is 27.7 Å². The average Bonchev–Trinajstić information content (AvgIpc) is 3.24. The van der Waals surface area contributed by atoms with Gasteiger partial charge in [0.2, 0.25) is 0 Å². The molecule has 0 saturated heterocycles. The number of hydrogen-bond donors (Lipinski definition) is 1. The predicted octanol–water partition coefficient (Wildman–Crippen LogP) is 6.89. The fraction of sp³-hybridized carbons (Fsp3) is 0.938. The summed E-state index contributed by atoms with van der Waals surface area (Å²) in [6, 6.07) is 0. The third-order valence-corrected chi connectivity index (χ3v) is 11.7. The van der Waals surface area contributed by atoms with Crippen LogP contribution >= 0.6 is 0 Å². The first-order valence-corrected chi connectivity index (χ1v) is 15.8. The van der Waals surface area contributed by atoms with Crippen molar-refractivity contribution >= 4 is 11.9 Å². The van der Waals surface area contributed by atoms with E-state index in [1.807, 2.05) is 0 Å². The first kappa shape index (κ1) is 29.8. The van der Waals surface area contributed by atoms with E-state index >= 15 is 0 Å². The van der Waals surface area contributed by atoms with Gasteiger partial charge in [0.25, 0.3) is 0 Å². The number of carboxylic acids is 1. The molecule has 1 N–H and O–H groups in total. The third kappa shape index (κ3) is 6.43. The molecule has 0 spiro atoms. The molecule has 9 atom stereocenters. The van der Waals surface area contributed by atoms with Gasteiger partial charge in [0.05, 0.1) is 13.2 Å². The van der Waals surface area contributed by atoms with Crippen LogP contribution < -0.4 is 0 Å². The summed E-state index contributed by atoms with van der Waals surface area (Å²) in [5.41, 5.74) is 0.725. The van der Waals surface area contributed by atoms with Crippen molar-refractivity contribution in [2.24, 2.45) is 46.3 Å². The van der Waals surface area contributed by atoms with E-state index in [-0.39, 0.29) is 18.7 Å². The minimum Gasteiger partial charge on any atom is -0.481 e. The molecule has 6 nitrogen and oxygen atoms in total. The van der Waals surface area contributed by atoms with Crippen LogP contribution in [0.25, 0.3) is 0 Å². The van der Waals surface area contributed by atoms with Gasteiger partial charge in [0, 0.05) is 13.0 Å². The summed E-state index contributed by atoms with van der Waals surface area (Å²) in [5, 5.41) is 9.20. The van der Waals surface area contributed by atoms with Crippen LogP contribution in [0.3, 0.4) is 0 Å². The van der Waals surface area contributed by atoms with Crippen LogP contribution in [0.15, 0.2) is 0 Å². The van der Waals surface area contributed by atoms with E-state index in [1.54, 1.807) is 0 Å². The Labute approximate surface area is 230 Å². The first-order chi connectivity index (χ1) is 18.2. The van der Waals surface area contributed by atoms with Gasteiger partial charge in [-0.2, -0.15) is 0 Å². The largest absolute Gasteiger partial charge is 0.481 e. The summed E-state index contributed by atoms with van der Waals surface area (Å²) in [6.45, 7) is 11.3. The molecule has 4 saturated carbocycles. The number of carbonyl (C=O) groups excluding carboxylic acids is 1. The molecule has 4 rings (SSSR count). The lowest BCUT2D eigenvalue weighted by atomic mass is 9.44. The van der Waals surface area contributed by atoms with E-state index in [0.29, 0.717) is 48.2 Å². The molecule has 6 heteroatoms. The van der Waals surface area contributed by atoms with Crippen molar-refractivity contribution in [3.05, 3.63) is 0 Å². The van der Waals surface area contributed by atoms with Gasteiger partial charge in [-0.15, -0.1) is 0 Å². The lowest BCUT2D eigenvalue weighted by Gasteiger charge is -2.61. The molecule has 0 aromatic rings. The Morgan fingerprint density at radius 1 is 0.921 bits per heavy atom. The van der Waals surface area contributed by atoms with Gasteiger partial charge in [-0.25, -0.2) is 4.79 Å². The number of fused-ring (bicyclic) bond motifs is 5. The molecule has 4 fully saturated rings. The summed E-state index contributed by atoms with van der Waals surface area (Å²) in [7, 11) is 0. The molecule has 0 bridgehead atoms. The van der Waals surface area contributed by atoms with Gasteiger partial charge in [-0.3, -0.25) is 4.79 Å². The molecular weight excluding hydrogens is 480 g/mol. The summed E-state index contributed by atoms with van der Waals surface area (Å²) in [6.07, 6.45) is 14.2. The van der Waals surface area contributed by atoms with E-state index < -0.39 is 5.97 Å². The highest BCUT2D eigenvalue weighted by Crippen LogP contribution is 2.68. The SMILES string of the molecule is CCCCOCCOCC(=O)O[C@H]1CCC2(C)C(CCC3[C@@H]2CC[C@]2(C)[C@@H]([C@H](C)CCC(=O)O)CC[C@@H]32)C1. The van der Waals surface area contributed by atoms with Crippen molar-refractivity contribution < 1.29 is 28.9 Å². The summed E-state index contributed by atoms with van der Waals surface area (Å²) >= 11 is 0. The Hall–Kier alpha value is -1.14. The smallest absolute Gasteiger partial charge is 0.332 e. The van der Waals surface area contributed by atoms with Crippen molar-refractivity contribution in [3.8, 4) is 0 Å². The maximum Gasteiger partial charge on any atom is 0.332 e. The van der Waals surface area contributed by atoms with Gasteiger partial charge in [0.15, 0.2) is 0 Å². The maximum atomic E-state index is 12.4. The molecule has 0 heterocycles. The fourth-order valence-corrected chi connectivity index (χ4v) is 9.70. The van der Waals surface area contributed by atoms with Crippen LogP contribution in [0.5, 0.6) is 0 Å². The van der Waals surface area contributed by atoms with E-state index in [0.717, 1.165) is 62.9 Å². The number of hydrogen-bond acceptors (Lipinski definition) is 5. The molecule has 0 radical (unpaired) electrons. The highest BCUT2D eigenvalue weighted by Gasteiger charge is 2.60. The third-order valence-electron chi connectivity index (χ3n) is 11.7. The molecule has 0 amide bonds. The number of carbonyl (C=O) groups is 2. The fourth-order valence-electron chi connectivity index (χ4n) is 9.70. The maximum absolute atomic E-state index is 12.4. The van der Waals surface area contributed by atoms with Crippen molar-refractivity contribution in [2.45, 2.75) is 117 Å². The molecule has 3 unspecified atom stereocenters. The molecule has 218 valence electrons. The number of esters is 1. The van der Waals surface area contributed by atoms with Gasteiger partial charge in [-0.05, 0) is 117 Å². The van der Waals surface area contributed by atoms with Gasteiger partial charge in [0.1, 0.15) is 12.7 Å². The Morgan fingerprint density at radius 2 is 1.66 bits per heavy atom. The summed E-state index contributed by atoms with van der Waals surface area (Å²) < 4.78 is 16.9. The highest BCUT2D eigenvalue weighted by atomic mass is 16.6. The highest BCUT2D eigenvalue weighted by molar-refractivity contribution is 5.70. The lowest BCUT2D eigenvalue weighted by Crippen LogP contribution is -2.54. The van der Waals surface area contributed by atoms with Crippen LogP contribution in [0, 0.1) is 46.3 Å². The second-order valence-corrected chi connectivity index (χ2v) is 13.7. The summed E-state index contributed by atoms with van der Waals surface area (Å²) in [4.78, 5) is 23.6. The zero-order valence-electron chi connectivity index (χ0n) is 24.6. The number of aliphatic carboxylic acids is 1. The molecular formula is C32H54O6. The van der Waals surface area contributed by atoms with Gasteiger partial charge in [-0.1, -0.05) is 34.1 Å². The van der Waals surface area contributed by atoms with Gasteiger partial charge < -0.3 is 19.3 Å². The van der Waals surface area contributed by atoms with Crippen molar-refractivity contribution in [1.82, 2.24) is 0 Å². The van der Waals surface area contributed by atoms with E-state index in [1.165, 1.54) is 38.5 Å². The number of rotatable bonds is 13. The number of unbranched alkanes of at least 4 members (excludes halogenated alkanes) is 1. The van der Waals surface area contributed by atoms with Crippen LogP contribution in [-0.4, -0.2) is 49.6 Å². The zero-order valence-corrected chi connectivity index (χ0v) is 24.6. The van der Waals surface area contributed by atoms with E-state index in [4.69, 9.17) is 14.2 Å². The topological polar surface area (TPSA) is 82.1 Å². The monoisotopic (exact) mass is 534 g/mol. The standard InChI is InChI=1S/C32H54O6/c1-5-6-17-36-18-19-37-21-30(35)38-24-13-15-31(3)23(20-24)8-9-25-27-11-10-26(22(2)7-12-29(33)34)32(27,4)16-14-28(25)31/h22-28H,5-21H2,1-4H3,(H,33,34)/t22-,23?,24+,25?,26-,27+,28+,31?,32-/m1/s1. The number of carboxylic acid groups (broad SMARTS) is 1. The second-order valence-electron chi connectivity index (χ2n) is 13.7. The van der Waals surface area contributed by atoms with E-state index in [9.17, 15) is 14.7 Å². The molecule has 38 heavy (non-hydrogen) atoms. The minimum atomic E-state index is -0.660. The van der Waals surface area contributed by atoms with Crippen LogP contribution in [0.4, 0.5) is 0 Å². The predicted molar refractivity (Wildman–Crippen MR) is 148 cm³/mol. The lowest BCUT2D eigenvalue weighted by molar-refractivity contribution is -0.167. The van der Waals surface area contributed by atoms with Crippen LogP contribution in [0.1, 0.15) is 111 Å². The Bertz CT molecular complexity index is 799. The van der Waals surface area contributed by atoms with Crippen molar-refractivity contribution in [1.29, 1.82) is 0 Å². The molecule has 4 aliphatic carbocycles. The normalized spacial score (nSPS) is 39.1. The molecule has 0 aromatic heterocycles. The van der Waals surface area contributed by atoms with Crippen LogP contribution in [0.2, 0.25) is 0 Å². The molecule has 4 aliphatic rings. The Kier molecular flexibility index (Phi) is 10.2. The number of ether oxygens (including phenoxy) is 3. The van der Waals surface area contributed by atoms with Gasteiger partial charge >= 0.3 is 11.9 Å². The van der Waals surface area contributed by atoms with Crippen LogP contribution in [-0.2, 0) is 23.8 Å². The zero-order chi connectivity index (χ0) is 27.3. The average molecular weight is 535 g/mol. The Morgan fingerprint density at radius 3 is 2.42 bits per heavy atom. The van der Waals surface area contributed by atoms with Crippen molar-refractivity contribution in [3.63, 3.8) is 0 Å².